The number of aryl methyl sites for hydroxylation is 1. The first-order valence-corrected chi connectivity index (χ1v) is 8.44. The standard InChI is InChI=1S/C21H23N3O/c1-16-5-9-19(10-6-16)17(2)23(3)21(25)20-11-7-18(8-12-20)15-24-14-4-13-22-24/h4-14,17H,15H2,1-3H3. The highest BCUT2D eigenvalue weighted by Gasteiger charge is 2.18. The maximum atomic E-state index is 12.8. The third kappa shape index (κ3) is 3.97. The molecule has 0 aliphatic heterocycles. The van der Waals surface area contributed by atoms with E-state index in [2.05, 4.69) is 43.2 Å². The Morgan fingerprint density at radius 1 is 1.12 bits per heavy atom. The van der Waals surface area contributed by atoms with Crippen LogP contribution in [0.3, 0.4) is 0 Å². The molecule has 25 heavy (non-hydrogen) atoms. The van der Waals surface area contributed by atoms with E-state index in [0.29, 0.717) is 12.1 Å². The van der Waals surface area contributed by atoms with Crippen molar-refractivity contribution in [2.45, 2.75) is 26.4 Å². The number of nitrogens with zero attached hydrogens (tertiary/aromatic N) is 3. The first-order chi connectivity index (χ1) is 12.0. The molecule has 1 aromatic heterocycles. The second kappa shape index (κ2) is 7.34. The average Bonchev–Trinajstić information content (AvgIpc) is 3.14. The van der Waals surface area contributed by atoms with Gasteiger partial charge in [0, 0.05) is 25.0 Å². The molecule has 128 valence electrons. The number of benzene rings is 2. The molecule has 0 saturated heterocycles. The van der Waals surface area contributed by atoms with Gasteiger partial charge in [-0.3, -0.25) is 9.48 Å². The number of aromatic nitrogens is 2. The second-order valence-corrected chi connectivity index (χ2v) is 6.40. The molecule has 1 amide bonds. The predicted octanol–water partition coefficient (Wildman–Crippen LogP) is 4.07. The van der Waals surface area contributed by atoms with Gasteiger partial charge in [0.25, 0.3) is 5.91 Å². The van der Waals surface area contributed by atoms with Gasteiger partial charge >= 0.3 is 0 Å². The molecule has 0 N–H and O–H groups in total. The van der Waals surface area contributed by atoms with E-state index in [9.17, 15) is 4.79 Å². The average molecular weight is 333 g/mol. The number of hydrogen-bond donors (Lipinski definition) is 0. The Morgan fingerprint density at radius 3 is 2.40 bits per heavy atom. The number of rotatable bonds is 5. The van der Waals surface area contributed by atoms with Crippen LogP contribution in [0.2, 0.25) is 0 Å². The van der Waals surface area contributed by atoms with Crippen LogP contribution >= 0.6 is 0 Å². The zero-order valence-corrected chi connectivity index (χ0v) is 14.9. The molecule has 3 rings (SSSR count). The first kappa shape index (κ1) is 17.0. The number of carbonyl (C=O) groups is 1. The molecule has 0 spiro atoms. The highest BCUT2D eigenvalue weighted by Crippen LogP contribution is 2.21. The zero-order chi connectivity index (χ0) is 17.8. The van der Waals surface area contributed by atoms with Crippen molar-refractivity contribution in [3.63, 3.8) is 0 Å². The lowest BCUT2D eigenvalue weighted by atomic mass is 10.0. The van der Waals surface area contributed by atoms with Gasteiger partial charge < -0.3 is 4.90 Å². The Morgan fingerprint density at radius 2 is 1.80 bits per heavy atom. The molecule has 0 radical (unpaired) electrons. The molecule has 1 atom stereocenters. The summed E-state index contributed by atoms with van der Waals surface area (Å²) in [7, 11) is 1.85. The third-order valence-corrected chi connectivity index (χ3v) is 4.57. The molecule has 0 bridgehead atoms. The van der Waals surface area contributed by atoms with Crippen LogP contribution in [0.4, 0.5) is 0 Å². The molecule has 0 fully saturated rings. The summed E-state index contributed by atoms with van der Waals surface area (Å²) in [5.41, 5.74) is 4.18. The van der Waals surface area contributed by atoms with E-state index in [1.54, 1.807) is 11.1 Å². The fourth-order valence-electron chi connectivity index (χ4n) is 2.78. The smallest absolute Gasteiger partial charge is 0.254 e. The molecule has 1 heterocycles. The minimum absolute atomic E-state index is 0.0249. The maximum absolute atomic E-state index is 12.8. The molecule has 2 aromatic carbocycles. The van der Waals surface area contributed by atoms with Gasteiger partial charge in [-0.25, -0.2) is 0 Å². The van der Waals surface area contributed by atoms with Gasteiger partial charge in [-0.1, -0.05) is 42.0 Å². The molecule has 3 aromatic rings. The van der Waals surface area contributed by atoms with Crippen molar-refractivity contribution in [3.8, 4) is 0 Å². The van der Waals surface area contributed by atoms with Gasteiger partial charge in [-0.05, 0) is 43.2 Å². The van der Waals surface area contributed by atoms with Crippen molar-refractivity contribution in [2.24, 2.45) is 0 Å². The van der Waals surface area contributed by atoms with Crippen LogP contribution in [-0.4, -0.2) is 27.6 Å². The molecule has 0 aliphatic carbocycles. The maximum Gasteiger partial charge on any atom is 0.254 e. The van der Waals surface area contributed by atoms with Crippen molar-refractivity contribution in [1.82, 2.24) is 14.7 Å². The van der Waals surface area contributed by atoms with E-state index in [0.717, 1.165) is 11.1 Å². The predicted molar refractivity (Wildman–Crippen MR) is 99.5 cm³/mol. The summed E-state index contributed by atoms with van der Waals surface area (Å²) in [6.45, 7) is 4.82. The van der Waals surface area contributed by atoms with E-state index in [1.807, 2.05) is 48.3 Å². The number of hydrogen-bond acceptors (Lipinski definition) is 2. The SMILES string of the molecule is Cc1ccc(C(C)N(C)C(=O)c2ccc(Cn3cccn3)cc2)cc1. The van der Waals surface area contributed by atoms with Gasteiger partial charge in [0.2, 0.25) is 0 Å². The fourth-order valence-corrected chi connectivity index (χ4v) is 2.78. The van der Waals surface area contributed by atoms with E-state index in [4.69, 9.17) is 0 Å². The van der Waals surface area contributed by atoms with Gasteiger partial charge in [0.05, 0.1) is 12.6 Å². The molecule has 0 saturated carbocycles. The van der Waals surface area contributed by atoms with E-state index in [1.165, 1.54) is 5.56 Å². The third-order valence-electron chi connectivity index (χ3n) is 4.57. The Labute approximate surface area is 148 Å². The fraction of sp³-hybridized carbons (Fsp3) is 0.238. The molecular weight excluding hydrogens is 310 g/mol. The lowest BCUT2D eigenvalue weighted by Gasteiger charge is -2.25. The van der Waals surface area contributed by atoms with Gasteiger partial charge in [-0.15, -0.1) is 0 Å². The van der Waals surface area contributed by atoms with Crippen LogP contribution in [0.25, 0.3) is 0 Å². The summed E-state index contributed by atoms with van der Waals surface area (Å²) in [5.74, 6) is 0.0266. The van der Waals surface area contributed by atoms with Crippen molar-refractivity contribution in [3.05, 3.63) is 89.2 Å². The normalized spacial score (nSPS) is 12.0. The lowest BCUT2D eigenvalue weighted by Crippen LogP contribution is -2.29. The first-order valence-electron chi connectivity index (χ1n) is 8.44. The molecular formula is C21H23N3O. The van der Waals surface area contributed by atoms with Crippen LogP contribution in [0.15, 0.2) is 67.0 Å². The largest absolute Gasteiger partial charge is 0.335 e. The van der Waals surface area contributed by atoms with Crippen LogP contribution in [-0.2, 0) is 6.54 Å². The number of amides is 1. The molecule has 0 aliphatic rings. The summed E-state index contributed by atoms with van der Waals surface area (Å²) in [4.78, 5) is 14.5. The summed E-state index contributed by atoms with van der Waals surface area (Å²) in [5, 5.41) is 4.20. The Kier molecular flexibility index (Phi) is 4.98. The summed E-state index contributed by atoms with van der Waals surface area (Å²) < 4.78 is 1.86. The lowest BCUT2D eigenvalue weighted by molar-refractivity contribution is 0.0742. The summed E-state index contributed by atoms with van der Waals surface area (Å²) in [6.07, 6.45) is 3.69. The van der Waals surface area contributed by atoms with Crippen LogP contribution < -0.4 is 0 Å². The minimum Gasteiger partial charge on any atom is -0.335 e. The molecule has 1 unspecified atom stereocenters. The van der Waals surface area contributed by atoms with E-state index in [-0.39, 0.29) is 11.9 Å². The Bertz CT molecular complexity index is 821. The minimum atomic E-state index is 0.0249. The second-order valence-electron chi connectivity index (χ2n) is 6.40. The molecule has 4 heteroatoms. The van der Waals surface area contributed by atoms with Crippen LogP contribution in [0, 0.1) is 6.92 Å². The van der Waals surface area contributed by atoms with Crippen molar-refractivity contribution < 1.29 is 4.79 Å². The summed E-state index contributed by atoms with van der Waals surface area (Å²) in [6, 6.07) is 18.0. The molecule has 4 nitrogen and oxygen atoms in total. The van der Waals surface area contributed by atoms with E-state index < -0.39 is 0 Å². The van der Waals surface area contributed by atoms with Gasteiger partial charge in [0.1, 0.15) is 0 Å². The van der Waals surface area contributed by atoms with Crippen LogP contribution in [0.5, 0.6) is 0 Å². The number of carbonyl (C=O) groups excluding carboxylic acids is 1. The highest BCUT2D eigenvalue weighted by atomic mass is 16.2. The topological polar surface area (TPSA) is 38.1 Å². The summed E-state index contributed by atoms with van der Waals surface area (Å²) >= 11 is 0. The van der Waals surface area contributed by atoms with Gasteiger partial charge in [0.15, 0.2) is 0 Å². The Hall–Kier alpha value is -2.88. The highest BCUT2D eigenvalue weighted by molar-refractivity contribution is 5.94. The van der Waals surface area contributed by atoms with Crippen molar-refractivity contribution >= 4 is 5.91 Å². The van der Waals surface area contributed by atoms with Crippen molar-refractivity contribution in [1.29, 1.82) is 0 Å². The zero-order valence-electron chi connectivity index (χ0n) is 14.9. The van der Waals surface area contributed by atoms with Crippen LogP contribution in [0.1, 0.15) is 40.0 Å². The Balaban J connectivity index is 1.70. The quantitative estimate of drug-likeness (QED) is 0.706. The van der Waals surface area contributed by atoms with E-state index >= 15 is 0 Å². The monoisotopic (exact) mass is 333 g/mol. The van der Waals surface area contributed by atoms with Gasteiger partial charge in [-0.2, -0.15) is 5.10 Å². The van der Waals surface area contributed by atoms with Crippen molar-refractivity contribution in [2.75, 3.05) is 7.05 Å².